The number of hydrogen-bond acceptors (Lipinski definition) is 4. The third-order valence-electron chi connectivity index (χ3n) is 4.73. The van der Waals surface area contributed by atoms with Gasteiger partial charge in [-0.2, -0.15) is 0 Å². The van der Waals surface area contributed by atoms with Gasteiger partial charge in [0.05, 0.1) is 12.6 Å². The van der Waals surface area contributed by atoms with Crippen molar-refractivity contribution < 1.29 is 9.90 Å². The van der Waals surface area contributed by atoms with Crippen molar-refractivity contribution in [2.75, 3.05) is 32.7 Å². The molecule has 2 fully saturated rings. The molecule has 2 N–H and O–H groups in total. The van der Waals surface area contributed by atoms with Crippen LogP contribution in [0.3, 0.4) is 0 Å². The molecule has 2 saturated heterocycles. The summed E-state index contributed by atoms with van der Waals surface area (Å²) in [5, 5.41) is 12.8. The zero-order valence-electron chi connectivity index (χ0n) is 13.7. The van der Waals surface area contributed by atoms with Crippen LogP contribution in [0.2, 0.25) is 0 Å². The van der Waals surface area contributed by atoms with E-state index < -0.39 is 0 Å². The van der Waals surface area contributed by atoms with Crippen molar-refractivity contribution in [1.29, 1.82) is 0 Å². The Morgan fingerprint density at radius 1 is 1.13 bits per heavy atom. The van der Waals surface area contributed by atoms with Crippen molar-refractivity contribution in [3.05, 3.63) is 35.9 Å². The molecule has 0 spiro atoms. The topological polar surface area (TPSA) is 55.8 Å². The van der Waals surface area contributed by atoms with Crippen LogP contribution in [0.5, 0.6) is 0 Å². The van der Waals surface area contributed by atoms with E-state index in [4.69, 9.17) is 0 Å². The summed E-state index contributed by atoms with van der Waals surface area (Å²) in [5.41, 5.74) is 1.32. The third kappa shape index (κ3) is 5.03. The Morgan fingerprint density at radius 3 is 2.74 bits per heavy atom. The monoisotopic (exact) mass is 317 g/mol. The van der Waals surface area contributed by atoms with Gasteiger partial charge in [0.1, 0.15) is 0 Å². The first-order valence-corrected chi connectivity index (χ1v) is 8.65. The Hall–Kier alpha value is -1.43. The molecule has 3 rings (SSSR count). The number of amides is 1. The number of carbonyl (C=O) groups excluding carboxylic acids is 1. The molecule has 5 nitrogen and oxygen atoms in total. The Kier molecular flexibility index (Phi) is 5.65. The van der Waals surface area contributed by atoms with Gasteiger partial charge in [0, 0.05) is 32.2 Å². The molecule has 0 unspecified atom stereocenters. The number of β-amino-alcohol motifs (C(OH)–C–C–N with tert-alkyl or cyclic N) is 1. The molecule has 23 heavy (non-hydrogen) atoms. The van der Waals surface area contributed by atoms with E-state index in [1.807, 2.05) is 6.07 Å². The number of benzene rings is 1. The number of likely N-dealkylation sites (tertiary alicyclic amines) is 2. The molecule has 126 valence electrons. The van der Waals surface area contributed by atoms with Gasteiger partial charge in [-0.3, -0.25) is 14.6 Å². The van der Waals surface area contributed by atoms with E-state index in [9.17, 15) is 9.90 Å². The Bertz CT molecular complexity index is 508. The zero-order chi connectivity index (χ0) is 16.1. The molecule has 0 bridgehead atoms. The number of aliphatic hydroxyl groups excluding tert-OH is 1. The number of carbonyl (C=O) groups is 1. The minimum absolute atomic E-state index is 0.0886. The second-order valence-corrected chi connectivity index (χ2v) is 6.80. The van der Waals surface area contributed by atoms with Crippen LogP contribution in [0, 0.1) is 0 Å². The fourth-order valence-corrected chi connectivity index (χ4v) is 3.59. The number of hydrogen-bond donors (Lipinski definition) is 2. The van der Waals surface area contributed by atoms with Crippen molar-refractivity contribution in [3.63, 3.8) is 0 Å². The number of nitrogens with one attached hydrogen (secondary N) is 1. The van der Waals surface area contributed by atoms with Crippen molar-refractivity contribution in [2.45, 2.75) is 38.0 Å². The lowest BCUT2D eigenvalue weighted by Gasteiger charge is -2.29. The predicted molar refractivity (Wildman–Crippen MR) is 89.9 cm³/mol. The molecule has 2 atom stereocenters. The van der Waals surface area contributed by atoms with Gasteiger partial charge in [-0.05, 0) is 31.4 Å². The molecule has 0 saturated carbocycles. The lowest BCUT2D eigenvalue weighted by Crippen LogP contribution is -2.47. The lowest BCUT2D eigenvalue weighted by atomic mass is 10.1. The highest BCUT2D eigenvalue weighted by molar-refractivity contribution is 5.78. The fraction of sp³-hybridized carbons (Fsp3) is 0.611. The summed E-state index contributed by atoms with van der Waals surface area (Å²) in [5.74, 6) is 0.0886. The molecule has 1 amide bonds. The number of rotatable bonds is 5. The van der Waals surface area contributed by atoms with Crippen LogP contribution in [0.15, 0.2) is 30.3 Å². The molecule has 2 heterocycles. The molecule has 0 aliphatic carbocycles. The van der Waals surface area contributed by atoms with E-state index in [2.05, 4.69) is 39.4 Å². The SMILES string of the molecule is O=C(CN1CCC[C@H](O)C1)N[C@@H]1CCN(Cc2ccccc2)C1. The molecular formula is C18H27N3O2. The Balaban J connectivity index is 1.40. The molecule has 1 aromatic carbocycles. The van der Waals surface area contributed by atoms with E-state index in [0.29, 0.717) is 13.1 Å². The van der Waals surface area contributed by atoms with Gasteiger partial charge in [0.2, 0.25) is 5.91 Å². The minimum atomic E-state index is -0.274. The first-order valence-electron chi connectivity index (χ1n) is 8.65. The van der Waals surface area contributed by atoms with E-state index >= 15 is 0 Å². The zero-order valence-corrected chi connectivity index (χ0v) is 13.7. The van der Waals surface area contributed by atoms with E-state index in [-0.39, 0.29) is 18.1 Å². The van der Waals surface area contributed by atoms with E-state index in [1.165, 1.54) is 5.56 Å². The molecular weight excluding hydrogens is 290 g/mol. The standard InChI is InChI=1S/C18H27N3O2/c22-17-7-4-9-20(13-17)14-18(23)19-16-8-10-21(12-16)11-15-5-2-1-3-6-15/h1-3,5-6,16-17,22H,4,7-14H2,(H,19,23)/t16-,17+/m1/s1. The molecule has 0 aromatic heterocycles. The number of nitrogens with zero attached hydrogens (tertiary/aromatic N) is 2. The third-order valence-corrected chi connectivity index (χ3v) is 4.73. The van der Waals surface area contributed by atoms with Crippen LogP contribution in [0.4, 0.5) is 0 Å². The number of aliphatic hydroxyl groups is 1. The maximum Gasteiger partial charge on any atom is 0.234 e. The van der Waals surface area contributed by atoms with Gasteiger partial charge < -0.3 is 10.4 Å². The average Bonchev–Trinajstić information content (AvgIpc) is 2.95. The molecule has 2 aliphatic heterocycles. The fourth-order valence-electron chi connectivity index (χ4n) is 3.59. The van der Waals surface area contributed by atoms with Crippen LogP contribution in [-0.4, -0.2) is 65.7 Å². The second kappa shape index (κ2) is 7.90. The second-order valence-electron chi connectivity index (χ2n) is 6.80. The summed E-state index contributed by atoms with van der Waals surface area (Å²) in [7, 11) is 0. The van der Waals surface area contributed by atoms with Crippen molar-refractivity contribution in [1.82, 2.24) is 15.1 Å². The largest absolute Gasteiger partial charge is 0.392 e. The van der Waals surface area contributed by atoms with Crippen LogP contribution >= 0.6 is 0 Å². The summed E-state index contributed by atoms with van der Waals surface area (Å²) in [6.07, 6.45) is 2.57. The Labute approximate surface area is 138 Å². The molecule has 0 radical (unpaired) electrons. The molecule has 1 aromatic rings. The summed E-state index contributed by atoms with van der Waals surface area (Å²) >= 11 is 0. The van der Waals surface area contributed by atoms with Gasteiger partial charge in [-0.25, -0.2) is 0 Å². The molecule has 5 heteroatoms. The van der Waals surface area contributed by atoms with Gasteiger partial charge in [0.25, 0.3) is 0 Å². The van der Waals surface area contributed by atoms with E-state index in [0.717, 1.165) is 45.4 Å². The summed E-state index contributed by atoms with van der Waals surface area (Å²) in [6.45, 7) is 4.84. The normalized spacial score (nSPS) is 26.3. The van der Waals surface area contributed by atoms with Crippen molar-refractivity contribution in [2.24, 2.45) is 0 Å². The quantitative estimate of drug-likeness (QED) is 0.845. The lowest BCUT2D eigenvalue weighted by molar-refractivity contribution is -0.123. The van der Waals surface area contributed by atoms with Gasteiger partial charge in [-0.15, -0.1) is 0 Å². The van der Waals surface area contributed by atoms with Crippen LogP contribution in [0.1, 0.15) is 24.8 Å². The summed E-state index contributed by atoms with van der Waals surface area (Å²) < 4.78 is 0. The van der Waals surface area contributed by atoms with Gasteiger partial charge in [0.15, 0.2) is 0 Å². The first-order chi connectivity index (χ1) is 11.2. The van der Waals surface area contributed by atoms with Gasteiger partial charge >= 0.3 is 0 Å². The summed E-state index contributed by atoms with van der Waals surface area (Å²) in [4.78, 5) is 16.6. The highest BCUT2D eigenvalue weighted by atomic mass is 16.3. The molecule has 2 aliphatic rings. The van der Waals surface area contributed by atoms with E-state index in [1.54, 1.807) is 0 Å². The summed E-state index contributed by atoms with van der Waals surface area (Å²) in [6, 6.07) is 10.7. The number of piperidine rings is 1. The predicted octanol–water partition coefficient (Wildman–Crippen LogP) is 0.834. The van der Waals surface area contributed by atoms with Gasteiger partial charge in [-0.1, -0.05) is 30.3 Å². The Morgan fingerprint density at radius 2 is 1.96 bits per heavy atom. The average molecular weight is 317 g/mol. The first kappa shape index (κ1) is 16.4. The van der Waals surface area contributed by atoms with Crippen LogP contribution in [0.25, 0.3) is 0 Å². The minimum Gasteiger partial charge on any atom is -0.392 e. The van der Waals surface area contributed by atoms with Crippen molar-refractivity contribution >= 4 is 5.91 Å². The van der Waals surface area contributed by atoms with Crippen LogP contribution < -0.4 is 5.32 Å². The smallest absolute Gasteiger partial charge is 0.234 e. The van der Waals surface area contributed by atoms with Crippen molar-refractivity contribution in [3.8, 4) is 0 Å². The maximum atomic E-state index is 12.2. The highest BCUT2D eigenvalue weighted by Crippen LogP contribution is 2.14. The highest BCUT2D eigenvalue weighted by Gasteiger charge is 2.25. The maximum absolute atomic E-state index is 12.2. The van der Waals surface area contributed by atoms with Crippen LogP contribution in [-0.2, 0) is 11.3 Å².